The topological polar surface area (TPSA) is 23.5 Å². The van der Waals surface area contributed by atoms with E-state index in [0.717, 1.165) is 32.5 Å². The SMILES string of the molecule is OC1(CN2CCC(c3ccccc3)C2)CCCCC1. The van der Waals surface area contributed by atoms with Crippen LogP contribution in [0, 0.1) is 0 Å². The molecule has 1 aliphatic carbocycles. The van der Waals surface area contributed by atoms with Crippen LogP contribution in [0.25, 0.3) is 0 Å². The van der Waals surface area contributed by atoms with E-state index >= 15 is 0 Å². The molecule has 1 heterocycles. The minimum absolute atomic E-state index is 0.399. The summed E-state index contributed by atoms with van der Waals surface area (Å²) in [7, 11) is 0. The number of likely N-dealkylation sites (tertiary alicyclic amines) is 1. The first kappa shape index (κ1) is 13.1. The van der Waals surface area contributed by atoms with Gasteiger partial charge in [-0.15, -0.1) is 0 Å². The third-order valence-corrected chi connectivity index (χ3v) is 4.85. The fraction of sp³-hybridized carbons (Fsp3) is 0.647. The molecule has 19 heavy (non-hydrogen) atoms. The second-order valence-corrected chi connectivity index (χ2v) is 6.42. The van der Waals surface area contributed by atoms with Crippen LogP contribution in [-0.2, 0) is 0 Å². The summed E-state index contributed by atoms with van der Waals surface area (Å²) in [6, 6.07) is 10.8. The number of hydrogen-bond acceptors (Lipinski definition) is 2. The van der Waals surface area contributed by atoms with Crippen molar-refractivity contribution in [2.45, 2.75) is 50.0 Å². The molecular weight excluding hydrogens is 234 g/mol. The number of rotatable bonds is 3. The van der Waals surface area contributed by atoms with Gasteiger partial charge in [0.1, 0.15) is 0 Å². The summed E-state index contributed by atoms with van der Waals surface area (Å²) >= 11 is 0. The Morgan fingerprint density at radius 2 is 1.84 bits per heavy atom. The Kier molecular flexibility index (Phi) is 3.90. The van der Waals surface area contributed by atoms with Crippen molar-refractivity contribution < 1.29 is 5.11 Å². The van der Waals surface area contributed by atoms with E-state index in [4.69, 9.17) is 0 Å². The summed E-state index contributed by atoms with van der Waals surface area (Å²) in [6.07, 6.45) is 6.94. The number of nitrogens with zero attached hydrogens (tertiary/aromatic N) is 1. The maximum atomic E-state index is 10.6. The van der Waals surface area contributed by atoms with E-state index in [0.29, 0.717) is 5.92 Å². The van der Waals surface area contributed by atoms with Crippen LogP contribution < -0.4 is 0 Å². The van der Waals surface area contributed by atoms with E-state index in [1.807, 2.05) is 0 Å². The van der Waals surface area contributed by atoms with Crippen molar-refractivity contribution in [2.24, 2.45) is 0 Å². The van der Waals surface area contributed by atoms with E-state index in [1.54, 1.807) is 0 Å². The Hall–Kier alpha value is -0.860. The molecule has 2 heteroatoms. The highest BCUT2D eigenvalue weighted by atomic mass is 16.3. The molecule has 1 aromatic rings. The van der Waals surface area contributed by atoms with Crippen LogP contribution in [0.5, 0.6) is 0 Å². The third-order valence-electron chi connectivity index (χ3n) is 4.85. The third kappa shape index (κ3) is 3.18. The van der Waals surface area contributed by atoms with Crippen molar-refractivity contribution in [3.63, 3.8) is 0 Å². The van der Waals surface area contributed by atoms with Gasteiger partial charge >= 0.3 is 0 Å². The monoisotopic (exact) mass is 259 g/mol. The summed E-state index contributed by atoms with van der Waals surface area (Å²) in [6.45, 7) is 3.14. The lowest BCUT2D eigenvalue weighted by atomic mass is 9.84. The highest BCUT2D eigenvalue weighted by Crippen LogP contribution is 2.32. The molecule has 1 aliphatic heterocycles. The van der Waals surface area contributed by atoms with Gasteiger partial charge in [-0.3, -0.25) is 4.90 Å². The molecule has 1 N–H and O–H groups in total. The molecule has 1 aromatic carbocycles. The van der Waals surface area contributed by atoms with E-state index in [9.17, 15) is 5.11 Å². The Labute approximate surface area is 116 Å². The average Bonchev–Trinajstić information content (AvgIpc) is 2.88. The molecule has 0 aromatic heterocycles. The van der Waals surface area contributed by atoms with Crippen LogP contribution >= 0.6 is 0 Å². The lowest BCUT2D eigenvalue weighted by Crippen LogP contribution is -2.43. The van der Waals surface area contributed by atoms with Gasteiger partial charge in [-0.1, -0.05) is 49.6 Å². The van der Waals surface area contributed by atoms with Crippen LogP contribution in [0.15, 0.2) is 30.3 Å². The van der Waals surface area contributed by atoms with E-state index in [2.05, 4.69) is 35.2 Å². The van der Waals surface area contributed by atoms with Crippen LogP contribution in [0.4, 0.5) is 0 Å². The Morgan fingerprint density at radius 1 is 1.11 bits per heavy atom. The molecule has 0 spiro atoms. The quantitative estimate of drug-likeness (QED) is 0.901. The largest absolute Gasteiger partial charge is 0.389 e. The number of aliphatic hydroxyl groups is 1. The molecule has 0 amide bonds. The van der Waals surface area contributed by atoms with Gasteiger partial charge < -0.3 is 5.11 Å². The molecule has 0 bridgehead atoms. The summed E-state index contributed by atoms with van der Waals surface area (Å²) < 4.78 is 0. The lowest BCUT2D eigenvalue weighted by Gasteiger charge is -2.35. The highest BCUT2D eigenvalue weighted by Gasteiger charge is 2.34. The minimum atomic E-state index is -0.399. The second-order valence-electron chi connectivity index (χ2n) is 6.42. The van der Waals surface area contributed by atoms with Gasteiger partial charge in [-0.25, -0.2) is 0 Å². The fourth-order valence-electron chi connectivity index (χ4n) is 3.76. The zero-order valence-electron chi connectivity index (χ0n) is 11.7. The van der Waals surface area contributed by atoms with Crippen molar-refractivity contribution in [1.82, 2.24) is 4.90 Å². The first-order valence-corrected chi connectivity index (χ1v) is 7.75. The molecule has 1 saturated heterocycles. The number of hydrogen-bond donors (Lipinski definition) is 1. The molecule has 1 saturated carbocycles. The smallest absolute Gasteiger partial charge is 0.0774 e. The first-order valence-electron chi connectivity index (χ1n) is 7.75. The van der Waals surface area contributed by atoms with Gasteiger partial charge in [0.2, 0.25) is 0 Å². The van der Waals surface area contributed by atoms with Crippen LogP contribution in [0.2, 0.25) is 0 Å². The molecule has 2 fully saturated rings. The van der Waals surface area contributed by atoms with Crippen molar-refractivity contribution >= 4 is 0 Å². The fourth-order valence-corrected chi connectivity index (χ4v) is 3.76. The van der Waals surface area contributed by atoms with Crippen molar-refractivity contribution in [1.29, 1.82) is 0 Å². The summed E-state index contributed by atoms with van der Waals surface area (Å²) in [5.41, 5.74) is 1.06. The van der Waals surface area contributed by atoms with Gasteiger partial charge in [0.25, 0.3) is 0 Å². The summed E-state index contributed by atoms with van der Waals surface area (Å²) in [5, 5.41) is 10.6. The maximum Gasteiger partial charge on any atom is 0.0774 e. The molecule has 3 rings (SSSR count). The zero-order chi connectivity index (χ0) is 13.1. The molecule has 104 valence electrons. The standard InChI is InChI=1S/C17H25NO/c19-17(10-5-2-6-11-17)14-18-12-9-16(13-18)15-7-3-1-4-8-15/h1,3-4,7-8,16,19H,2,5-6,9-14H2. The van der Waals surface area contributed by atoms with Crippen LogP contribution in [0.3, 0.4) is 0 Å². The Bertz CT molecular complexity index is 397. The minimum Gasteiger partial charge on any atom is -0.389 e. The molecule has 1 atom stereocenters. The van der Waals surface area contributed by atoms with Gasteiger partial charge in [0.15, 0.2) is 0 Å². The normalized spacial score (nSPS) is 27.5. The molecule has 2 nitrogen and oxygen atoms in total. The first-order chi connectivity index (χ1) is 9.25. The van der Waals surface area contributed by atoms with E-state index in [-0.39, 0.29) is 0 Å². The van der Waals surface area contributed by atoms with Gasteiger partial charge in [-0.05, 0) is 37.3 Å². The highest BCUT2D eigenvalue weighted by molar-refractivity contribution is 5.21. The van der Waals surface area contributed by atoms with Gasteiger partial charge in [0.05, 0.1) is 5.60 Å². The Balaban J connectivity index is 1.57. The predicted molar refractivity (Wildman–Crippen MR) is 78.3 cm³/mol. The van der Waals surface area contributed by atoms with Crippen molar-refractivity contribution in [2.75, 3.05) is 19.6 Å². The summed E-state index contributed by atoms with van der Waals surface area (Å²) in [5.74, 6) is 0.661. The zero-order valence-corrected chi connectivity index (χ0v) is 11.7. The number of β-amino-alcohol motifs (C(OH)–C–C–N with tert-alkyl or cyclic N) is 1. The van der Waals surface area contributed by atoms with Crippen LogP contribution in [-0.4, -0.2) is 35.2 Å². The van der Waals surface area contributed by atoms with E-state index in [1.165, 1.54) is 31.2 Å². The Morgan fingerprint density at radius 3 is 2.58 bits per heavy atom. The molecular formula is C17H25NO. The van der Waals surface area contributed by atoms with Gasteiger partial charge in [-0.2, -0.15) is 0 Å². The second kappa shape index (κ2) is 5.64. The predicted octanol–water partition coefficient (Wildman–Crippen LogP) is 3.17. The van der Waals surface area contributed by atoms with Crippen molar-refractivity contribution in [3.05, 3.63) is 35.9 Å². The number of benzene rings is 1. The van der Waals surface area contributed by atoms with Crippen molar-refractivity contribution in [3.8, 4) is 0 Å². The summed E-state index contributed by atoms with van der Waals surface area (Å²) in [4.78, 5) is 2.48. The maximum absolute atomic E-state index is 10.6. The average molecular weight is 259 g/mol. The van der Waals surface area contributed by atoms with Crippen LogP contribution in [0.1, 0.15) is 50.0 Å². The van der Waals surface area contributed by atoms with E-state index < -0.39 is 5.60 Å². The molecule has 0 radical (unpaired) electrons. The lowest BCUT2D eigenvalue weighted by molar-refractivity contribution is -0.0216. The molecule has 1 unspecified atom stereocenters. The van der Waals surface area contributed by atoms with Gasteiger partial charge in [0, 0.05) is 13.1 Å². The molecule has 2 aliphatic rings.